The molecule has 10 heteroatoms. The number of anilines is 1. The van der Waals surface area contributed by atoms with Gasteiger partial charge >= 0.3 is 5.97 Å². The van der Waals surface area contributed by atoms with Crippen LogP contribution in [0.15, 0.2) is 41.3 Å². The number of methoxy groups -OCH3 is 1. The molecule has 0 atom stereocenters. The third-order valence-corrected chi connectivity index (χ3v) is 5.94. The average Bonchev–Trinajstić information content (AvgIpc) is 3.00. The molecule has 1 amide bonds. The SMILES string of the molecule is CCOC(=O)COc1c(Cl)cc(/C=C2/SC(=S)N(c3ccccc3OC)C2=O)cc1Cl. The van der Waals surface area contributed by atoms with Crippen LogP contribution in [0.1, 0.15) is 12.5 Å². The minimum Gasteiger partial charge on any atom is -0.495 e. The number of halogens is 2. The number of nitrogens with zero attached hydrogens (tertiary/aromatic N) is 1. The Hall–Kier alpha value is -2.26. The van der Waals surface area contributed by atoms with Crippen molar-refractivity contribution in [2.45, 2.75) is 6.92 Å². The van der Waals surface area contributed by atoms with Gasteiger partial charge in [0.2, 0.25) is 0 Å². The predicted molar refractivity (Wildman–Crippen MR) is 127 cm³/mol. The van der Waals surface area contributed by atoms with Crippen LogP contribution in [0, 0.1) is 0 Å². The summed E-state index contributed by atoms with van der Waals surface area (Å²) in [6.45, 7) is 1.63. The molecule has 0 radical (unpaired) electrons. The zero-order chi connectivity index (χ0) is 22.5. The summed E-state index contributed by atoms with van der Waals surface area (Å²) in [7, 11) is 1.53. The van der Waals surface area contributed by atoms with E-state index in [4.69, 9.17) is 49.6 Å². The van der Waals surface area contributed by atoms with E-state index in [1.165, 1.54) is 12.0 Å². The lowest BCUT2D eigenvalue weighted by atomic mass is 10.2. The van der Waals surface area contributed by atoms with Crippen LogP contribution in [-0.4, -0.2) is 36.5 Å². The van der Waals surface area contributed by atoms with E-state index in [0.717, 1.165) is 11.8 Å². The van der Waals surface area contributed by atoms with Crippen molar-refractivity contribution in [2.24, 2.45) is 0 Å². The van der Waals surface area contributed by atoms with E-state index >= 15 is 0 Å². The summed E-state index contributed by atoms with van der Waals surface area (Å²) in [5.74, 6) is -0.113. The van der Waals surface area contributed by atoms with E-state index in [-0.39, 0.29) is 34.9 Å². The smallest absolute Gasteiger partial charge is 0.344 e. The first kappa shape index (κ1) is 23.4. The van der Waals surface area contributed by atoms with Crippen molar-refractivity contribution in [1.29, 1.82) is 0 Å². The fourth-order valence-electron chi connectivity index (χ4n) is 2.78. The zero-order valence-electron chi connectivity index (χ0n) is 16.5. The van der Waals surface area contributed by atoms with Gasteiger partial charge in [-0.05, 0) is 42.8 Å². The molecule has 0 bridgehead atoms. The number of ether oxygens (including phenoxy) is 3. The highest BCUT2D eigenvalue weighted by Crippen LogP contribution is 2.41. The number of hydrogen-bond donors (Lipinski definition) is 0. The Morgan fingerprint density at radius 1 is 1.23 bits per heavy atom. The van der Waals surface area contributed by atoms with Crippen LogP contribution in [0.4, 0.5) is 5.69 Å². The molecule has 0 spiro atoms. The topological polar surface area (TPSA) is 65.1 Å². The minimum absolute atomic E-state index is 0.162. The molecular formula is C21H17Cl2NO5S2. The van der Waals surface area contributed by atoms with Crippen molar-refractivity contribution >= 4 is 75.1 Å². The van der Waals surface area contributed by atoms with Gasteiger partial charge in [0.1, 0.15) is 5.75 Å². The summed E-state index contributed by atoms with van der Waals surface area (Å²) in [6, 6.07) is 10.3. The Labute approximate surface area is 199 Å². The quantitative estimate of drug-likeness (QED) is 0.290. The lowest BCUT2D eigenvalue weighted by molar-refractivity contribution is -0.145. The standard InChI is InChI=1S/C21H17Cl2NO5S2/c1-3-28-18(25)11-29-19-13(22)8-12(9-14(19)23)10-17-20(26)24(21(30)31-17)15-6-4-5-7-16(15)27-2/h4-10H,3,11H2,1-2H3/b17-10+. The second kappa shape index (κ2) is 10.4. The molecule has 3 rings (SSSR count). The summed E-state index contributed by atoms with van der Waals surface area (Å²) in [5, 5.41) is 0.395. The highest BCUT2D eigenvalue weighted by Gasteiger charge is 2.34. The van der Waals surface area contributed by atoms with Gasteiger partial charge < -0.3 is 14.2 Å². The van der Waals surface area contributed by atoms with Gasteiger partial charge in [-0.2, -0.15) is 0 Å². The van der Waals surface area contributed by atoms with Gasteiger partial charge in [0, 0.05) is 0 Å². The van der Waals surface area contributed by atoms with Gasteiger partial charge in [0.05, 0.1) is 34.4 Å². The first-order chi connectivity index (χ1) is 14.8. The fourth-order valence-corrected chi connectivity index (χ4v) is 4.67. The van der Waals surface area contributed by atoms with Crippen molar-refractivity contribution in [2.75, 3.05) is 25.2 Å². The number of thiocarbonyl (C=S) groups is 1. The molecule has 2 aromatic rings. The molecule has 1 aliphatic rings. The average molecular weight is 498 g/mol. The van der Waals surface area contributed by atoms with Crippen molar-refractivity contribution in [3.05, 3.63) is 56.9 Å². The molecule has 1 fully saturated rings. The molecule has 0 saturated carbocycles. The van der Waals surface area contributed by atoms with Gasteiger partial charge in [-0.15, -0.1) is 0 Å². The molecular weight excluding hydrogens is 481 g/mol. The summed E-state index contributed by atoms with van der Waals surface area (Å²) in [4.78, 5) is 26.3. The lowest BCUT2D eigenvalue weighted by Gasteiger charge is -2.17. The summed E-state index contributed by atoms with van der Waals surface area (Å²) in [6.07, 6.45) is 1.64. The Balaban J connectivity index is 1.84. The number of carbonyl (C=O) groups is 2. The number of amides is 1. The number of esters is 1. The maximum absolute atomic E-state index is 13.0. The molecule has 0 unspecified atom stereocenters. The van der Waals surface area contributed by atoms with Crippen LogP contribution in [-0.2, 0) is 14.3 Å². The molecule has 1 aliphatic heterocycles. The first-order valence-electron chi connectivity index (χ1n) is 9.04. The maximum Gasteiger partial charge on any atom is 0.344 e. The minimum atomic E-state index is -0.529. The van der Waals surface area contributed by atoms with E-state index in [9.17, 15) is 9.59 Å². The van der Waals surface area contributed by atoms with Gasteiger partial charge in [0.15, 0.2) is 16.7 Å². The van der Waals surface area contributed by atoms with E-state index < -0.39 is 5.97 Å². The molecule has 0 aliphatic carbocycles. The van der Waals surface area contributed by atoms with Crippen molar-refractivity contribution in [3.8, 4) is 11.5 Å². The molecule has 1 saturated heterocycles. The van der Waals surface area contributed by atoms with Crippen LogP contribution >= 0.6 is 47.2 Å². The molecule has 0 N–H and O–H groups in total. The number of thioether (sulfide) groups is 1. The number of carbonyl (C=O) groups excluding carboxylic acids is 2. The molecule has 0 aromatic heterocycles. The Kier molecular flexibility index (Phi) is 7.83. The molecule has 31 heavy (non-hydrogen) atoms. The highest BCUT2D eigenvalue weighted by molar-refractivity contribution is 8.27. The monoisotopic (exact) mass is 497 g/mol. The Morgan fingerprint density at radius 3 is 2.55 bits per heavy atom. The maximum atomic E-state index is 13.0. The second-order valence-corrected chi connectivity index (χ2v) is 8.59. The third-order valence-electron chi connectivity index (χ3n) is 4.08. The zero-order valence-corrected chi connectivity index (χ0v) is 19.7. The number of rotatable bonds is 7. The van der Waals surface area contributed by atoms with E-state index in [2.05, 4.69) is 0 Å². The van der Waals surface area contributed by atoms with Crippen molar-refractivity contribution in [1.82, 2.24) is 0 Å². The Bertz CT molecular complexity index is 1050. The second-order valence-electron chi connectivity index (χ2n) is 6.10. The van der Waals surface area contributed by atoms with Crippen LogP contribution in [0.25, 0.3) is 6.08 Å². The van der Waals surface area contributed by atoms with Crippen molar-refractivity contribution < 1.29 is 23.8 Å². The summed E-state index contributed by atoms with van der Waals surface area (Å²) >= 11 is 19.1. The summed E-state index contributed by atoms with van der Waals surface area (Å²) in [5.41, 5.74) is 1.15. The fraction of sp³-hybridized carbons (Fsp3) is 0.190. The van der Waals surface area contributed by atoms with Crippen LogP contribution in [0.5, 0.6) is 11.5 Å². The normalized spacial score (nSPS) is 14.8. The van der Waals surface area contributed by atoms with Gasteiger partial charge in [-0.25, -0.2) is 4.79 Å². The van der Waals surface area contributed by atoms with Gasteiger partial charge in [0.25, 0.3) is 5.91 Å². The molecule has 1 heterocycles. The highest BCUT2D eigenvalue weighted by atomic mass is 35.5. The Morgan fingerprint density at radius 2 is 1.90 bits per heavy atom. The van der Waals surface area contributed by atoms with Crippen LogP contribution < -0.4 is 14.4 Å². The van der Waals surface area contributed by atoms with Crippen molar-refractivity contribution in [3.63, 3.8) is 0 Å². The van der Waals surface area contributed by atoms with Crippen LogP contribution in [0.2, 0.25) is 10.0 Å². The first-order valence-corrected chi connectivity index (χ1v) is 11.0. The van der Waals surface area contributed by atoms with E-state index in [0.29, 0.717) is 26.2 Å². The van der Waals surface area contributed by atoms with E-state index in [1.54, 1.807) is 43.3 Å². The molecule has 2 aromatic carbocycles. The van der Waals surface area contributed by atoms with Gasteiger partial charge in [-0.1, -0.05) is 59.3 Å². The molecule has 6 nitrogen and oxygen atoms in total. The summed E-state index contributed by atoms with van der Waals surface area (Å²) < 4.78 is 15.9. The van der Waals surface area contributed by atoms with Crippen LogP contribution in [0.3, 0.4) is 0 Å². The third kappa shape index (κ3) is 5.33. The predicted octanol–water partition coefficient (Wildman–Crippen LogP) is 5.35. The number of para-hydroxylation sites is 2. The number of benzene rings is 2. The number of hydrogen-bond acceptors (Lipinski definition) is 7. The largest absolute Gasteiger partial charge is 0.495 e. The van der Waals surface area contributed by atoms with E-state index in [1.807, 2.05) is 6.07 Å². The molecule has 162 valence electrons. The lowest BCUT2D eigenvalue weighted by Crippen LogP contribution is -2.27. The van der Waals surface area contributed by atoms with Gasteiger partial charge in [-0.3, -0.25) is 9.69 Å².